The van der Waals surface area contributed by atoms with Gasteiger partial charge in [-0.25, -0.2) is 0 Å². The number of aliphatic carboxylic acids is 1. The Morgan fingerprint density at radius 3 is 2.75 bits per heavy atom. The number of piperidine rings is 1. The average Bonchev–Trinajstić information content (AvgIpc) is 2.26. The monoisotopic (exact) mass is 227 g/mol. The molecule has 1 aliphatic rings. The van der Waals surface area contributed by atoms with Gasteiger partial charge in [-0.2, -0.15) is 0 Å². The SMILES string of the molecule is CCC(C)C(C)N1CCCC(CC(=O)O)C1. The zero-order chi connectivity index (χ0) is 12.1. The zero-order valence-electron chi connectivity index (χ0n) is 10.8. The van der Waals surface area contributed by atoms with Gasteiger partial charge in [-0.1, -0.05) is 20.3 Å². The summed E-state index contributed by atoms with van der Waals surface area (Å²) in [5.74, 6) is 0.407. The van der Waals surface area contributed by atoms with E-state index in [2.05, 4.69) is 25.7 Å². The van der Waals surface area contributed by atoms with Crippen LogP contribution in [0, 0.1) is 11.8 Å². The molecule has 0 radical (unpaired) electrons. The van der Waals surface area contributed by atoms with Crippen LogP contribution < -0.4 is 0 Å². The molecule has 1 N–H and O–H groups in total. The minimum atomic E-state index is -0.650. The molecule has 1 saturated heterocycles. The minimum Gasteiger partial charge on any atom is -0.481 e. The summed E-state index contributed by atoms with van der Waals surface area (Å²) < 4.78 is 0. The lowest BCUT2D eigenvalue weighted by Crippen LogP contribution is -2.44. The van der Waals surface area contributed by atoms with Crippen molar-refractivity contribution in [3.05, 3.63) is 0 Å². The maximum Gasteiger partial charge on any atom is 0.303 e. The summed E-state index contributed by atoms with van der Waals surface area (Å²) in [6.45, 7) is 8.89. The molecule has 94 valence electrons. The Bertz CT molecular complexity index is 230. The second-order valence-electron chi connectivity index (χ2n) is 5.23. The highest BCUT2D eigenvalue weighted by Crippen LogP contribution is 2.24. The van der Waals surface area contributed by atoms with Gasteiger partial charge >= 0.3 is 5.97 Å². The normalized spacial score (nSPS) is 26.3. The van der Waals surface area contributed by atoms with Crippen molar-refractivity contribution in [3.8, 4) is 0 Å². The first kappa shape index (κ1) is 13.5. The van der Waals surface area contributed by atoms with Crippen LogP contribution in [0.2, 0.25) is 0 Å². The van der Waals surface area contributed by atoms with E-state index in [0.717, 1.165) is 25.9 Å². The van der Waals surface area contributed by atoms with E-state index in [1.807, 2.05) is 0 Å². The fraction of sp³-hybridized carbons (Fsp3) is 0.923. The Morgan fingerprint density at radius 2 is 2.19 bits per heavy atom. The van der Waals surface area contributed by atoms with Gasteiger partial charge in [-0.3, -0.25) is 4.79 Å². The molecule has 1 fully saturated rings. The number of carbonyl (C=O) groups is 1. The van der Waals surface area contributed by atoms with Gasteiger partial charge in [-0.15, -0.1) is 0 Å². The van der Waals surface area contributed by atoms with Crippen molar-refractivity contribution in [3.63, 3.8) is 0 Å². The summed E-state index contributed by atoms with van der Waals surface area (Å²) in [5.41, 5.74) is 0. The number of carboxylic acids is 1. The van der Waals surface area contributed by atoms with E-state index in [9.17, 15) is 4.79 Å². The minimum absolute atomic E-state index is 0.337. The third kappa shape index (κ3) is 3.78. The summed E-state index contributed by atoms with van der Waals surface area (Å²) in [6, 6.07) is 0.585. The van der Waals surface area contributed by atoms with E-state index in [0.29, 0.717) is 24.3 Å². The van der Waals surface area contributed by atoms with Gasteiger partial charge in [0, 0.05) is 19.0 Å². The number of hydrogen-bond acceptors (Lipinski definition) is 2. The Hall–Kier alpha value is -0.570. The van der Waals surface area contributed by atoms with Gasteiger partial charge in [0.1, 0.15) is 0 Å². The molecule has 3 nitrogen and oxygen atoms in total. The summed E-state index contributed by atoms with van der Waals surface area (Å²) in [7, 11) is 0. The maximum atomic E-state index is 10.7. The molecule has 0 saturated carbocycles. The van der Waals surface area contributed by atoms with Crippen LogP contribution in [-0.2, 0) is 4.79 Å². The van der Waals surface area contributed by atoms with Crippen molar-refractivity contribution in [1.29, 1.82) is 0 Å². The van der Waals surface area contributed by atoms with Crippen LogP contribution in [0.5, 0.6) is 0 Å². The molecule has 1 rings (SSSR count). The molecule has 3 atom stereocenters. The zero-order valence-corrected chi connectivity index (χ0v) is 10.8. The quantitative estimate of drug-likeness (QED) is 0.785. The molecule has 16 heavy (non-hydrogen) atoms. The maximum absolute atomic E-state index is 10.7. The summed E-state index contributed by atoms with van der Waals surface area (Å²) >= 11 is 0. The van der Waals surface area contributed by atoms with Crippen LogP contribution in [0.25, 0.3) is 0 Å². The summed E-state index contributed by atoms with van der Waals surface area (Å²) in [4.78, 5) is 13.2. The van der Waals surface area contributed by atoms with E-state index >= 15 is 0 Å². The van der Waals surface area contributed by atoms with E-state index in [1.165, 1.54) is 6.42 Å². The Morgan fingerprint density at radius 1 is 1.50 bits per heavy atom. The predicted octanol–water partition coefficient (Wildman–Crippen LogP) is 2.61. The molecular formula is C13H25NO2. The van der Waals surface area contributed by atoms with Crippen molar-refractivity contribution in [2.24, 2.45) is 11.8 Å². The molecular weight excluding hydrogens is 202 g/mol. The van der Waals surface area contributed by atoms with Crippen molar-refractivity contribution in [2.45, 2.75) is 52.5 Å². The first-order valence-electron chi connectivity index (χ1n) is 6.50. The first-order valence-corrected chi connectivity index (χ1v) is 6.50. The van der Waals surface area contributed by atoms with Crippen LogP contribution >= 0.6 is 0 Å². The van der Waals surface area contributed by atoms with E-state index in [4.69, 9.17) is 5.11 Å². The molecule has 1 aliphatic heterocycles. The number of hydrogen-bond donors (Lipinski definition) is 1. The molecule has 0 spiro atoms. The molecule has 0 amide bonds. The fourth-order valence-electron chi connectivity index (χ4n) is 2.58. The third-order valence-corrected chi connectivity index (χ3v) is 4.06. The van der Waals surface area contributed by atoms with E-state index < -0.39 is 5.97 Å². The number of rotatable bonds is 5. The lowest BCUT2D eigenvalue weighted by molar-refractivity contribution is -0.138. The predicted molar refractivity (Wildman–Crippen MR) is 65.5 cm³/mol. The Kier molecular flexibility index (Phi) is 5.26. The van der Waals surface area contributed by atoms with Gasteiger partial charge in [0.15, 0.2) is 0 Å². The van der Waals surface area contributed by atoms with Gasteiger partial charge < -0.3 is 10.0 Å². The van der Waals surface area contributed by atoms with Crippen LogP contribution in [0.1, 0.15) is 46.5 Å². The lowest BCUT2D eigenvalue weighted by Gasteiger charge is -2.38. The van der Waals surface area contributed by atoms with E-state index in [1.54, 1.807) is 0 Å². The van der Waals surface area contributed by atoms with Crippen LogP contribution in [0.4, 0.5) is 0 Å². The third-order valence-electron chi connectivity index (χ3n) is 4.06. The van der Waals surface area contributed by atoms with Crippen molar-refractivity contribution in [1.82, 2.24) is 4.90 Å². The summed E-state index contributed by atoms with van der Waals surface area (Å²) in [5, 5.41) is 8.83. The molecule has 3 heteroatoms. The largest absolute Gasteiger partial charge is 0.481 e. The highest BCUT2D eigenvalue weighted by Gasteiger charge is 2.26. The van der Waals surface area contributed by atoms with Gasteiger partial charge in [0.2, 0.25) is 0 Å². The molecule has 3 unspecified atom stereocenters. The number of nitrogens with zero attached hydrogens (tertiary/aromatic N) is 1. The highest BCUT2D eigenvalue weighted by molar-refractivity contribution is 5.67. The number of carboxylic acid groups (broad SMARTS) is 1. The first-order chi connectivity index (χ1) is 7.54. The van der Waals surface area contributed by atoms with Gasteiger partial charge in [0.25, 0.3) is 0 Å². The van der Waals surface area contributed by atoms with Crippen LogP contribution in [0.15, 0.2) is 0 Å². The molecule has 0 aromatic heterocycles. The number of likely N-dealkylation sites (tertiary alicyclic amines) is 1. The molecule has 0 bridgehead atoms. The van der Waals surface area contributed by atoms with Crippen molar-refractivity contribution >= 4 is 5.97 Å². The van der Waals surface area contributed by atoms with Gasteiger partial charge in [-0.05, 0) is 38.1 Å². The Labute approximate surface area is 98.8 Å². The van der Waals surface area contributed by atoms with Crippen LogP contribution in [0.3, 0.4) is 0 Å². The second-order valence-corrected chi connectivity index (χ2v) is 5.23. The molecule has 1 heterocycles. The highest BCUT2D eigenvalue weighted by atomic mass is 16.4. The Balaban J connectivity index is 2.46. The van der Waals surface area contributed by atoms with E-state index in [-0.39, 0.29) is 0 Å². The topological polar surface area (TPSA) is 40.5 Å². The van der Waals surface area contributed by atoms with Crippen molar-refractivity contribution < 1.29 is 9.90 Å². The standard InChI is InChI=1S/C13H25NO2/c1-4-10(2)11(3)14-7-5-6-12(9-14)8-13(15)16/h10-12H,4-9H2,1-3H3,(H,15,16). The fourth-order valence-corrected chi connectivity index (χ4v) is 2.58. The van der Waals surface area contributed by atoms with Gasteiger partial charge in [0.05, 0.1) is 0 Å². The van der Waals surface area contributed by atoms with Crippen molar-refractivity contribution in [2.75, 3.05) is 13.1 Å². The second kappa shape index (κ2) is 6.24. The van der Waals surface area contributed by atoms with Crippen LogP contribution in [-0.4, -0.2) is 35.1 Å². The lowest BCUT2D eigenvalue weighted by atomic mass is 9.91. The summed E-state index contributed by atoms with van der Waals surface area (Å²) in [6.07, 6.45) is 3.76. The molecule has 0 aliphatic carbocycles. The average molecular weight is 227 g/mol. The smallest absolute Gasteiger partial charge is 0.303 e. The molecule has 0 aromatic carbocycles. The molecule has 0 aromatic rings.